The number of halogens is 1. The van der Waals surface area contributed by atoms with E-state index < -0.39 is 12.8 Å². The van der Waals surface area contributed by atoms with E-state index in [4.69, 9.17) is 5.11 Å². The number of carboxylic acid groups (broad SMARTS) is 1. The van der Waals surface area contributed by atoms with Gasteiger partial charge in [0.1, 0.15) is 12.4 Å². The van der Waals surface area contributed by atoms with Crippen LogP contribution >= 0.6 is 0 Å². The highest BCUT2D eigenvalue weighted by atomic mass is 19.1. The van der Waals surface area contributed by atoms with E-state index in [0.29, 0.717) is 0 Å². The summed E-state index contributed by atoms with van der Waals surface area (Å²) in [5, 5.41) is 13.8. The standard InChI is InChI=1S/C5H5FN2O3/c6-1-3-4(2-7-8-3)11-5(9)10/h2H,1H2,(H,7,8)(H,9,10). The van der Waals surface area contributed by atoms with Crippen LogP contribution in [0.15, 0.2) is 6.20 Å². The fourth-order valence-corrected chi connectivity index (χ4v) is 0.580. The Morgan fingerprint density at radius 3 is 3.18 bits per heavy atom. The SMILES string of the molecule is O=C(O)Oc1cn[nH]c1CF. The van der Waals surface area contributed by atoms with Gasteiger partial charge in [0.05, 0.1) is 6.20 Å². The summed E-state index contributed by atoms with van der Waals surface area (Å²) in [6.07, 6.45) is -0.385. The number of rotatable bonds is 2. The van der Waals surface area contributed by atoms with Crippen LogP contribution in [0.25, 0.3) is 0 Å². The van der Waals surface area contributed by atoms with Gasteiger partial charge in [-0.2, -0.15) is 5.10 Å². The maximum atomic E-state index is 11.9. The minimum absolute atomic E-state index is 0.0207. The molecule has 0 aromatic carbocycles. The van der Waals surface area contributed by atoms with Gasteiger partial charge in [-0.25, -0.2) is 9.18 Å². The van der Waals surface area contributed by atoms with Crippen molar-refractivity contribution in [2.75, 3.05) is 0 Å². The maximum absolute atomic E-state index is 11.9. The number of nitrogens with zero attached hydrogens (tertiary/aromatic N) is 1. The average molecular weight is 160 g/mol. The van der Waals surface area contributed by atoms with Crippen LogP contribution in [0, 0.1) is 0 Å². The van der Waals surface area contributed by atoms with Gasteiger partial charge in [-0.15, -0.1) is 0 Å². The second-order valence-corrected chi connectivity index (χ2v) is 1.71. The van der Waals surface area contributed by atoms with Gasteiger partial charge in [0, 0.05) is 0 Å². The number of carbonyl (C=O) groups is 1. The molecule has 60 valence electrons. The fraction of sp³-hybridized carbons (Fsp3) is 0.200. The number of hydrogen-bond donors (Lipinski definition) is 2. The first-order valence-corrected chi connectivity index (χ1v) is 2.73. The van der Waals surface area contributed by atoms with Crippen LogP contribution in [0.2, 0.25) is 0 Å². The second kappa shape index (κ2) is 3.00. The summed E-state index contributed by atoms with van der Waals surface area (Å²) in [5.74, 6) is -0.0972. The number of nitrogens with one attached hydrogen (secondary N) is 1. The van der Waals surface area contributed by atoms with E-state index in [2.05, 4.69) is 14.9 Å². The predicted octanol–water partition coefficient (Wildman–Crippen LogP) is 0.936. The van der Waals surface area contributed by atoms with E-state index in [1.165, 1.54) is 0 Å². The molecular weight excluding hydrogens is 155 g/mol. The molecule has 0 aliphatic carbocycles. The summed E-state index contributed by atoms with van der Waals surface area (Å²) in [6, 6.07) is 0. The van der Waals surface area contributed by atoms with Crippen molar-refractivity contribution in [3.05, 3.63) is 11.9 Å². The Balaban J connectivity index is 2.76. The topological polar surface area (TPSA) is 75.2 Å². The Morgan fingerprint density at radius 2 is 2.64 bits per heavy atom. The summed E-state index contributed by atoms with van der Waals surface area (Å²) in [5.41, 5.74) is 0.0207. The lowest BCUT2D eigenvalue weighted by molar-refractivity contribution is 0.143. The smallest absolute Gasteiger partial charge is 0.449 e. The summed E-state index contributed by atoms with van der Waals surface area (Å²) >= 11 is 0. The van der Waals surface area contributed by atoms with Crippen molar-refractivity contribution < 1.29 is 19.0 Å². The van der Waals surface area contributed by atoms with Crippen LogP contribution in [0.5, 0.6) is 5.75 Å². The first kappa shape index (κ1) is 7.52. The maximum Gasteiger partial charge on any atom is 0.511 e. The molecule has 1 rings (SSSR count). The molecule has 5 nitrogen and oxygen atoms in total. The van der Waals surface area contributed by atoms with E-state index in [9.17, 15) is 9.18 Å². The van der Waals surface area contributed by atoms with Gasteiger partial charge in [-0.05, 0) is 0 Å². The number of H-pyrrole nitrogens is 1. The Morgan fingerprint density at radius 1 is 1.91 bits per heavy atom. The minimum Gasteiger partial charge on any atom is -0.449 e. The van der Waals surface area contributed by atoms with Gasteiger partial charge in [-0.3, -0.25) is 5.10 Å². The number of aromatic amines is 1. The number of aromatic nitrogens is 2. The van der Waals surface area contributed by atoms with Crippen molar-refractivity contribution in [1.82, 2.24) is 10.2 Å². The minimum atomic E-state index is -1.49. The lowest BCUT2D eigenvalue weighted by Gasteiger charge is -1.95. The molecule has 0 aliphatic heterocycles. The van der Waals surface area contributed by atoms with E-state index in [1.54, 1.807) is 0 Å². The number of alkyl halides is 1. The third kappa shape index (κ3) is 1.66. The summed E-state index contributed by atoms with van der Waals surface area (Å²) in [7, 11) is 0. The summed E-state index contributed by atoms with van der Waals surface area (Å²) in [4.78, 5) is 9.95. The van der Waals surface area contributed by atoms with E-state index in [1.807, 2.05) is 0 Å². The molecule has 0 spiro atoms. The van der Waals surface area contributed by atoms with Crippen LogP contribution in [0.4, 0.5) is 9.18 Å². The number of hydrogen-bond acceptors (Lipinski definition) is 3. The van der Waals surface area contributed by atoms with Gasteiger partial charge < -0.3 is 9.84 Å². The molecule has 0 amide bonds. The fourth-order valence-electron chi connectivity index (χ4n) is 0.580. The van der Waals surface area contributed by atoms with Gasteiger partial charge in [-0.1, -0.05) is 0 Å². The molecule has 0 atom stereocenters. The first-order chi connectivity index (χ1) is 5.24. The Labute approximate surface area is 60.8 Å². The molecular formula is C5H5FN2O3. The zero-order valence-electron chi connectivity index (χ0n) is 5.37. The lowest BCUT2D eigenvalue weighted by Crippen LogP contribution is -2.03. The molecule has 11 heavy (non-hydrogen) atoms. The Kier molecular flexibility index (Phi) is 2.05. The van der Waals surface area contributed by atoms with Crippen LogP contribution in [-0.2, 0) is 6.67 Å². The van der Waals surface area contributed by atoms with Gasteiger partial charge in [0.15, 0.2) is 5.75 Å². The van der Waals surface area contributed by atoms with Crippen molar-refractivity contribution in [2.24, 2.45) is 0 Å². The van der Waals surface area contributed by atoms with E-state index in [0.717, 1.165) is 6.20 Å². The van der Waals surface area contributed by atoms with Crippen molar-refractivity contribution in [3.8, 4) is 5.75 Å². The zero-order chi connectivity index (χ0) is 8.27. The van der Waals surface area contributed by atoms with Crippen LogP contribution in [0.1, 0.15) is 5.69 Å². The van der Waals surface area contributed by atoms with Crippen LogP contribution in [-0.4, -0.2) is 21.5 Å². The molecule has 0 fully saturated rings. The summed E-state index contributed by atoms with van der Waals surface area (Å²) < 4.78 is 16.1. The monoisotopic (exact) mass is 160 g/mol. The lowest BCUT2D eigenvalue weighted by atomic mass is 10.4. The van der Waals surface area contributed by atoms with Crippen molar-refractivity contribution in [3.63, 3.8) is 0 Å². The normalized spacial score (nSPS) is 9.55. The third-order valence-corrected chi connectivity index (χ3v) is 1.01. The van der Waals surface area contributed by atoms with Gasteiger partial charge >= 0.3 is 6.16 Å². The molecule has 0 aliphatic rings. The molecule has 1 heterocycles. The molecule has 0 unspecified atom stereocenters. The van der Waals surface area contributed by atoms with Crippen molar-refractivity contribution in [2.45, 2.75) is 6.67 Å². The molecule has 0 saturated heterocycles. The molecule has 6 heteroatoms. The highest BCUT2D eigenvalue weighted by molar-refractivity contribution is 5.61. The number of ether oxygens (including phenoxy) is 1. The van der Waals surface area contributed by atoms with Crippen LogP contribution < -0.4 is 4.74 Å². The molecule has 0 radical (unpaired) electrons. The van der Waals surface area contributed by atoms with E-state index in [-0.39, 0.29) is 11.4 Å². The van der Waals surface area contributed by atoms with Crippen molar-refractivity contribution >= 4 is 6.16 Å². The van der Waals surface area contributed by atoms with Crippen LogP contribution in [0.3, 0.4) is 0 Å². The quantitative estimate of drug-likeness (QED) is 0.631. The largest absolute Gasteiger partial charge is 0.511 e. The second-order valence-electron chi connectivity index (χ2n) is 1.71. The predicted molar refractivity (Wildman–Crippen MR) is 32.1 cm³/mol. The zero-order valence-corrected chi connectivity index (χ0v) is 5.37. The van der Waals surface area contributed by atoms with E-state index >= 15 is 0 Å². The van der Waals surface area contributed by atoms with Gasteiger partial charge in [0.2, 0.25) is 0 Å². The first-order valence-electron chi connectivity index (χ1n) is 2.73. The highest BCUT2D eigenvalue weighted by Gasteiger charge is 2.08. The Bertz CT molecular complexity index is 260. The molecule has 2 N–H and O–H groups in total. The van der Waals surface area contributed by atoms with Gasteiger partial charge in [0.25, 0.3) is 0 Å². The molecule has 1 aromatic heterocycles. The average Bonchev–Trinajstić information content (AvgIpc) is 2.34. The molecule has 1 aromatic rings. The summed E-state index contributed by atoms with van der Waals surface area (Å²) in [6.45, 7) is -0.831. The molecule has 0 saturated carbocycles. The van der Waals surface area contributed by atoms with Crippen molar-refractivity contribution in [1.29, 1.82) is 0 Å². The highest BCUT2D eigenvalue weighted by Crippen LogP contribution is 2.15. The third-order valence-electron chi connectivity index (χ3n) is 1.01. The Hall–Kier alpha value is -1.59. The molecule has 0 bridgehead atoms.